The van der Waals surface area contributed by atoms with Crippen LogP contribution in [0.4, 0.5) is 4.39 Å². The molecule has 0 radical (unpaired) electrons. The van der Waals surface area contributed by atoms with E-state index in [2.05, 4.69) is 16.4 Å². The average Bonchev–Trinajstić information content (AvgIpc) is 2.77. The molecule has 18 heavy (non-hydrogen) atoms. The minimum atomic E-state index is -0.294. The maximum Gasteiger partial charge on any atom is 0.163 e. The topological polar surface area (TPSA) is 53.6 Å². The molecule has 90 valence electrons. The molecule has 5 heteroatoms. The summed E-state index contributed by atoms with van der Waals surface area (Å²) in [6.07, 6.45) is 0. The predicted octanol–water partition coefficient (Wildman–Crippen LogP) is 1.66. The van der Waals surface area contributed by atoms with Gasteiger partial charge in [0.1, 0.15) is 17.7 Å². The van der Waals surface area contributed by atoms with Crippen LogP contribution in [0.1, 0.15) is 11.4 Å². The quantitative estimate of drug-likeness (QED) is 0.827. The van der Waals surface area contributed by atoms with E-state index in [0.29, 0.717) is 23.6 Å². The summed E-state index contributed by atoms with van der Waals surface area (Å²) < 4.78 is 15.2. The molecule has 0 fully saturated rings. The number of benzene rings is 1. The molecule has 1 aliphatic rings. The van der Waals surface area contributed by atoms with Crippen LogP contribution in [-0.2, 0) is 13.1 Å². The number of hydrogen-bond acceptors (Lipinski definition) is 3. The lowest BCUT2D eigenvalue weighted by atomic mass is 10.2. The van der Waals surface area contributed by atoms with Gasteiger partial charge in [0.2, 0.25) is 0 Å². The van der Waals surface area contributed by atoms with Crippen molar-refractivity contribution >= 4 is 0 Å². The lowest BCUT2D eigenvalue weighted by Gasteiger charge is -2.17. The Morgan fingerprint density at radius 2 is 2.33 bits per heavy atom. The van der Waals surface area contributed by atoms with Crippen molar-refractivity contribution < 1.29 is 4.39 Å². The number of rotatable bonds is 1. The molecule has 0 amide bonds. The van der Waals surface area contributed by atoms with Gasteiger partial charge in [0.25, 0.3) is 0 Å². The van der Waals surface area contributed by atoms with Crippen molar-refractivity contribution in [1.82, 2.24) is 14.9 Å². The zero-order valence-electron chi connectivity index (χ0n) is 9.65. The minimum absolute atomic E-state index is 0.294. The molecule has 2 heterocycles. The third kappa shape index (κ3) is 1.67. The van der Waals surface area contributed by atoms with Crippen molar-refractivity contribution in [1.29, 1.82) is 5.26 Å². The third-order valence-corrected chi connectivity index (χ3v) is 3.07. The van der Waals surface area contributed by atoms with Crippen molar-refractivity contribution in [3.63, 3.8) is 0 Å². The Labute approximate surface area is 104 Å². The number of nitriles is 1. The van der Waals surface area contributed by atoms with Crippen molar-refractivity contribution in [2.24, 2.45) is 0 Å². The largest absolute Gasteiger partial charge is 0.324 e. The summed E-state index contributed by atoms with van der Waals surface area (Å²) in [5, 5.41) is 12.3. The number of fused-ring (bicyclic) bond motifs is 1. The molecule has 0 bridgehead atoms. The second-order valence-electron chi connectivity index (χ2n) is 4.18. The third-order valence-electron chi connectivity index (χ3n) is 3.07. The first-order valence-corrected chi connectivity index (χ1v) is 5.76. The van der Waals surface area contributed by atoms with Gasteiger partial charge in [-0.1, -0.05) is 12.1 Å². The molecule has 0 saturated carbocycles. The monoisotopic (exact) mass is 242 g/mol. The second-order valence-corrected chi connectivity index (χ2v) is 4.18. The summed E-state index contributed by atoms with van der Waals surface area (Å²) in [5.74, 6) is 0.375. The number of nitrogens with one attached hydrogen (secondary N) is 1. The Balaban J connectivity index is 2.18. The maximum atomic E-state index is 13.3. The Kier molecular flexibility index (Phi) is 2.58. The van der Waals surface area contributed by atoms with Gasteiger partial charge in [-0.2, -0.15) is 5.26 Å². The molecule has 1 aromatic carbocycles. The Bertz CT molecular complexity index is 639. The van der Waals surface area contributed by atoms with E-state index in [1.54, 1.807) is 6.07 Å². The van der Waals surface area contributed by atoms with Crippen LogP contribution in [0.5, 0.6) is 0 Å². The summed E-state index contributed by atoms with van der Waals surface area (Å²) in [6.45, 7) is 2.21. The Hall–Kier alpha value is -2.19. The molecule has 0 aliphatic carbocycles. The van der Waals surface area contributed by atoms with E-state index in [4.69, 9.17) is 5.26 Å². The normalized spacial score (nSPS) is 14.0. The van der Waals surface area contributed by atoms with Crippen LogP contribution in [0.2, 0.25) is 0 Å². The second kappa shape index (κ2) is 4.24. The van der Waals surface area contributed by atoms with Gasteiger partial charge < -0.3 is 9.88 Å². The van der Waals surface area contributed by atoms with Crippen molar-refractivity contribution in [2.45, 2.75) is 13.1 Å². The first kappa shape index (κ1) is 10.9. The van der Waals surface area contributed by atoms with Crippen LogP contribution in [0, 0.1) is 17.1 Å². The maximum absolute atomic E-state index is 13.3. The molecule has 1 aromatic heterocycles. The Morgan fingerprint density at radius 1 is 1.44 bits per heavy atom. The number of nitrogens with zero attached hydrogens (tertiary/aromatic N) is 3. The summed E-state index contributed by atoms with van der Waals surface area (Å²) in [6, 6.07) is 8.40. The molecule has 0 atom stereocenters. The van der Waals surface area contributed by atoms with Crippen LogP contribution < -0.4 is 5.32 Å². The fourth-order valence-electron chi connectivity index (χ4n) is 2.24. The summed E-state index contributed by atoms with van der Waals surface area (Å²) in [4.78, 5) is 4.32. The summed E-state index contributed by atoms with van der Waals surface area (Å²) in [7, 11) is 0. The van der Waals surface area contributed by atoms with E-state index in [9.17, 15) is 4.39 Å². The zero-order chi connectivity index (χ0) is 12.5. The van der Waals surface area contributed by atoms with E-state index in [1.807, 2.05) is 10.6 Å². The number of halogens is 1. The van der Waals surface area contributed by atoms with E-state index < -0.39 is 0 Å². The van der Waals surface area contributed by atoms with E-state index in [-0.39, 0.29) is 5.82 Å². The molecular weight excluding hydrogens is 231 g/mol. The van der Waals surface area contributed by atoms with Gasteiger partial charge in [-0.25, -0.2) is 9.37 Å². The molecular formula is C13H11FN4. The first-order chi connectivity index (χ1) is 8.79. The molecule has 0 unspecified atom stereocenters. The highest BCUT2D eigenvalue weighted by Gasteiger charge is 2.20. The predicted molar refractivity (Wildman–Crippen MR) is 64.0 cm³/mol. The highest BCUT2D eigenvalue weighted by molar-refractivity contribution is 5.58. The van der Waals surface area contributed by atoms with Crippen molar-refractivity contribution in [3.05, 3.63) is 41.5 Å². The fraction of sp³-hybridized carbons (Fsp3) is 0.231. The van der Waals surface area contributed by atoms with Gasteiger partial charge in [-0.05, 0) is 12.1 Å². The van der Waals surface area contributed by atoms with E-state index in [1.165, 1.54) is 12.1 Å². The molecule has 2 aromatic rings. The lowest BCUT2D eigenvalue weighted by Crippen LogP contribution is -2.28. The standard InChI is InChI=1S/C13H11FN4/c14-10-3-1-2-9(6-10)13-17-11(7-15)12-8-16-4-5-18(12)13/h1-3,6,16H,4-5,8H2. The van der Waals surface area contributed by atoms with Crippen molar-refractivity contribution in [2.75, 3.05) is 6.54 Å². The van der Waals surface area contributed by atoms with Gasteiger partial charge >= 0.3 is 0 Å². The molecule has 1 aliphatic heterocycles. The van der Waals surface area contributed by atoms with Crippen molar-refractivity contribution in [3.8, 4) is 17.5 Å². The lowest BCUT2D eigenvalue weighted by molar-refractivity contribution is 0.518. The molecule has 1 N–H and O–H groups in total. The van der Waals surface area contributed by atoms with Gasteiger partial charge in [0.05, 0.1) is 5.69 Å². The highest BCUT2D eigenvalue weighted by Crippen LogP contribution is 2.24. The molecule has 0 spiro atoms. The van der Waals surface area contributed by atoms with Gasteiger partial charge in [0.15, 0.2) is 5.69 Å². The van der Waals surface area contributed by atoms with Gasteiger partial charge in [-0.3, -0.25) is 0 Å². The summed E-state index contributed by atoms with van der Waals surface area (Å²) >= 11 is 0. The fourth-order valence-corrected chi connectivity index (χ4v) is 2.24. The smallest absolute Gasteiger partial charge is 0.163 e. The first-order valence-electron chi connectivity index (χ1n) is 5.76. The van der Waals surface area contributed by atoms with E-state index in [0.717, 1.165) is 18.8 Å². The Morgan fingerprint density at radius 3 is 3.11 bits per heavy atom. The highest BCUT2D eigenvalue weighted by atomic mass is 19.1. The van der Waals surface area contributed by atoms with Crippen LogP contribution in [-0.4, -0.2) is 16.1 Å². The SMILES string of the molecule is N#Cc1nc(-c2cccc(F)c2)n2c1CNCC2. The van der Waals surface area contributed by atoms with Crippen LogP contribution in [0.25, 0.3) is 11.4 Å². The molecule has 0 saturated heterocycles. The number of aromatic nitrogens is 2. The zero-order valence-corrected chi connectivity index (χ0v) is 9.65. The number of imidazole rings is 1. The molecule has 3 rings (SSSR count). The average molecular weight is 242 g/mol. The van der Waals surface area contributed by atoms with Gasteiger partial charge in [0, 0.05) is 25.2 Å². The molecule has 4 nitrogen and oxygen atoms in total. The van der Waals surface area contributed by atoms with Crippen LogP contribution >= 0.6 is 0 Å². The van der Waals surface area contributed by atoms with Crippen LogP contribution in [0.3, 0.4) is 0 Å². The number of hydrogen-bond donors (Lipinski definition) is 1. The van der Waals surface area contributed by atoms with E-state index >= 15 is 0 Å². The van der Waals surface area contributed by atoms with Gasteiger partial charge in [-0.15, -0.1) is 0 Å². The minimum Gasteiger partial charge on any atom is -0.324 e. The van der Waals surface area contributed by atoms with Crippen LogP contribution in [0.15, 0.2) is 24.3 Å². The summed E-state index contributed by atoms with van der Waals surface area (Å²) in [5.41, 5.74) is 2.00.